The highest BCUT2D eigenvalue weighted by molar-refractivity contribution is 9.10. The highest BCUT2D eigenvalue weighted by Crippen LogP contribution is 2.23. The standard InChI is InChI=1S/C12H9BrN4O2S/c13-9-5-11(12(15)16-7-9)20(18,19)17-10-3-1-2-8(4-10)6-14/h1-5,7,17H,(H2,15,16). The summed E-state index contributed by atoms with van der Waals surface area (Å²) < 4.78 is 27.3. The maximum atomic E-state index is 12.2. The first kappa shape index (κ1) is 14.3. The van der Waals surface area contributed by atoms with Gasteiger partial charge in [-0.1, -0.05) is 6.07 Å². The van der Waals surface area contributed by atoms with Crippen molar-refractivity contribution in [1.29, 1.82) is 5.26 Å². The lowest BCUT2D eigenvalue weighted by molar-refractivity contribution is 0.601. The van der Waals surface area contributed by atoms with E-state index in [0.717, 1.165) is 0 Å². The molecule has 6 nitrogen and oxygen atoms in total. The maximum Gasteiger partial charge on any atom is 0.265 e. The zero-order chi connectivity index (χ0) is 14.8. The molecule has 0 radical (unpaired) electrons. The molecule has 0 fully saturated rings. The van der Waals surface area contributed by atoms with E-state index in [-0.39, 0.29) is 16.4 Å². The number of rotatable bonds is 3. The van der Waals surface area contributed by atoms with Crippen LogP contribution in [0.25, 0.3) is 0 Å². The molecule has 0 saturated carbocycles. The molecular weight excluding hydrogens is 344 g/mol. The van der Waals surface area contributed by atoms with E-state index in [4.69, 9.17) is 11.0 Å². The molecule has 0 atom stereocenters. The lowest BCUT2D eigenvalue weighted by atomic mass is 10.2. The van der Waals surface area contributed by atoms with Crippen molar-refractivity contribution in [1.82, 2.24) is 4.98 Å². The minimum absolute atomic E-state index is 0.0999. The fourth-order valence-electron chi connectivity index (χ4n) is 1.51. The van der Waals surface area contributed by atoms with Crippen LogP contribution in [0.4, 0.5) is 11.5 Å². The lowest BCUT2D eigenvalue weighted by Crippen LogP contribution is -2.15. The smallest absolute Gasteiger partial charge is 0.265 e. The lowest BCUT2D eigenvalue weighted by Gasteiger charge is -2.10. The molecule has 1 heterocycles. The van der Waals surface area contributed by atoms with Crippen LogP contribution in [0.2, 0.25) is 0 Å². The molecule has 0 aliphatic heterocycles. The fourth-order valence-corrected chi connectivity index (χ4v) is 3.15. The summed E-state index contributed by atoms with van der Waals surface area (Å²) in [7, 11) is -3.87. The molecule has 0 amide bonds. The number of anilines is 2. The SMILES string of the molecule is N#Cc1cccc(NS(=O)(=O)c2cc(Br)cnc2N)c1. The van der Waals surface area contributed by atoms with Crippen molar-refractivity contribution < 1.29 is 8.42 Å². The van der Waals surface area contributed by atoms with Crippen molar-refractivity contribution >= 4 is 37.5 Å². The van der Waals surface area contributed by atoms with Crippen molar-refractivity contribution in [3.05, 3.63) is 46.6 Å². The van der Waals surface area contributed by atoms with Crippen LogP contribution < -0.4 is 10.5 Å². The zero-order valence-corrected chi connectivity index (χ0v) is 12.4. The Morgan fingerprint density at radius 3 is 2.80 bits per heavy atom. The second kappa shape index (κ2) is 5.48. The van der Waals surface area contributed by atoms with Crippen LogP contribution in [0.15, 0.2) is 45.9 Å². The van der Waals surface area contributed by atoms with Gasteiger partial charge in [0.15, 0.2) is 0 Å². The Labute approximate surface area is 124 Å². The van der Waals surface area contributed by atoms with Gasteiger partial charge in [0.1, 0.15) is 10.7 Å². The van der Waals surface area contributed by atoms with Crippen molar-refractivity contribution in [2.75, 3.05) is 10.5 Å². The van der Waals surface area contributed by atoms with Crippen LogP contribution in [0.1, 0.15) is 5.56 Å². The summed E-state index contributed by atoms with van der Waals surface area (Å²) in [4.78, 5) is 3.65. The minimum atomic E-state index is -3.87. The number of halogens is 1. The fraction of sp³-hybridized carbons (Fsp3) is 0. The monoisotopic (exact) mass is 352 g/mol. The van der Waals surface area contributed by atoms with Crippen LogP contribution in [0, 0.1) is 11.3 Å². The quantitative estimate of drug-likeness (QED) is 0.878. The summed E-state index contributed by atoms with van der Waals surface area (Å²) in [6.07, 6.45) is 1.41. The normalized spacial score (nSPS) is 10.8. The summed E-state index contributed by atoms with van der Waals surface area (Å²) in [6.45, 7) is 0. The Morgan fingerprint density at radius 2 is 2.10 bits per heavy atom. The molecule has 2 rings (SSSR count). The molecule has 102 valence electrons. The topological polar surface area (TPSA) is 109 Å². The Balaban J connectivity index is 2.41. The number of benzene rings is 1. The van der Waals surface area contributed by atoms with Crippen molar-refractivity contribution in [3.8, 4) is 6.07 Å². The number of nitriles is 1. The third-order valence-corrected chi connectivity index (χ3v) is 4.23. The first-order chi connectivity index (χ1) is 9.42. The minimum Gasteiger partial charge on any atom is -0.383 e. The number of nitrogens with two attached hydrogens (primary N) is 1. The number of aromatic nitrogens is 1. The molecule has 1 aromatic carbocycles. The van der Waals surface area contributed by atoms with Gasteiger partial charge in [0.25, 0.3) is 10.0 Å². The molecule has 0 aliphatic rings. The average Bonchev–Trinajstić information content (AvgIpc) is 2.41. The molecule has 0 aliphatic carbocycles. The van der Waals surface area contributed by atoms with Gasteiger partial charge in [-0.25, -0.2) is 13.4 Å². The molecule has 0 bridgehead atoms. The Morgan fingerprint density at radius 1 is 1.35 bits per heavy atom. The number of nitrogen functional groups attached to an aromatic ring is 1. The van der Waals surface area contributed by atoms with Crippen LogP contribution in [0.3, 0.4) is 0 Å². The maximum absolute atomic E-state index is 12.2. The second-order valence-electron chi connectivity index (χ2n) is 3.84. The summed E-state index contributed by atoms with van der Waals surface area (Å²) in [5.41, 5.74) is 6.22. The van der Waals surface area contributed by atoms with Crippen LogP contribution in [-0.4, -0.2) is 13.4 Å². The Bertz CT molecular complexity index is 799. The number of nitrogens with one attached hydrogen (secondary N) is 1. The van der Waals surface area contributed by atoms with Gasteiger partial charge >= 0.3 is 0 Å². The Hall–Kier alpha value is -2.11. The van der Waals surface area contributed by atoms with Crippen LogP contribution >= 0.6 is 15.9 Å². The van der Waals surface area contributed by atoms with Gasteiger partial charge < -0.3 is 5.73 Å². The summed E-state index contributed by atoms with van der Waals surface area (Å²) in [5.74, 6) is -0.0999. The summed E-state index contributed by atoms with van der Waals surface area (Å²) in [6, 6.07) is 9.42. The van der Waals surface area contributed by atoms with Gasteiger partial charge in [-0.2, -0.15) is 5.26 Å². The third kappa shape index (κ3) is 3.07. The molecule has 20 heavy (non-hydrogen) atoms. The first-order valence-corrected chi connectivity index (χ1v) is 7.64. The van der Waals surface area contributed by atoms with E-state index in [1.807, 2.05) is 6.07 Å². The number of hydrogen-bond donors (Lipinski definition) is 2. The van der Waals surface area contributed by atoms with Gasteiger partial charge in [-0.3, -0.25) is 4.72 Å². The Kier molecular flexibility index (Phi) is 3.92. The molecule has 0 spiro atoms. The number of hydrogen-bond acceptors (Lipinski definition) is 5. The van der Waals surface area contributed by atoms with Crippen molar-refractivity contribution in [2.24, 2.45) is 0 Å². The molecule has 8 heteroatoms. The molecule has 2 aromatic rings. The van der Waals surface area contributed by atoms with Crippen molar-refractivity contribution in [2.45, 2.75) is 4.90 Å². The van der Waals surface area contributed by atoms with Crippen molar-refractivity contribution in [3.63, 3.8) is 0 Å². The number of nitrogens with zero attached hydrogens (tertiary/aromatic N) is 2. The molecule has 0 unspecified atom stereocenters. The second-order valence-corrected chi connectivity index (χ2v) is 6.40. The van der Waals surface area contributed by atoms with E-state index >= 15 is 0 Å². The predicted octanol–water partition coefficient (Wildman–Crippen LogP) is 2.10. The highest BCUT2D eigenvalue weighted by atomic mass is 79.9. The van der Waals surface area contributed by atoms with E-state index in [0.29, 0.717) is 10.0 Å². The molecule has 1 aromatic heterocycles. The summed E-state index contributed by atoms with van der Waals surface area (Å²) in [5, 5.41) is 8.79. The number of pyridine rings is 1. The predicted molar refractivity (Wildman–Crippen MR) is 78.3 cm³/mol. The van der Waals surface area contributed by atoms with E-state index in [2.05, 4.69) is 25.6 Å². The average molecular weight is 353 g/mol. The van der Waals surface area contributed by atoms with E-state index in [9.17, 15) is 8.42 Å². The van der Waals surface area contributed by atoms with Gasteiger partial charge in [0.2, 0.25) is 0 Å². The van der Waals surface area contributed by atoms with Gasteiger partial charge in [0.05, 0.1) is 17.3 Å². The van der Waals surface area contributed by atoms with Gasteiger partial charge in [0, 0.05) is 10.7 Å². The highest BCUT2D eigenvalue weighted by Gasteiger charge is 2.19. The third-order valence-electron chi connectivity index (χ3n) is 2.38. The van der Waals surface area contributed by atoms with E-state index in [1.165, 1.54) is 18.3 Å². The summed E-state index contributed by atoms with van der Waals surface area (Å²) >= 11 is 3.14. The van der Waals surface area contributed by atoms with E-state index in [1.54, 1.807) is 18.2 Å². The van der Waals surface area contributed by atoms with Gasteiger partial charge in [-0.05, 0) is 40.2 Å². The van der Waals surface area contributed by atoms with E-state index < -0.39 is 10.0 Å². The molecule has 3 N–H and O–H groups in total. The molecular formula is C12H9BrN4O2S. The number of sulfonamides is 1. The van der Waals surface area contributed by atoms with Crippen LogP contribution in [0.5, 0.6) is 0 Å². The van der Waals surface area contributed by atoms with Gasteiger partial charge in [-0.15, -0.1) is 0 Å². The molecule has 0 saturated heterocycles. The largest absolute Gasteiger partial charge is 0.383 e. The zero-order valence-electron chi connectivity index (χ0n) is 10.0. The first-order valence-electron chi connectivity index (χ1n) is 5.36. The van der Waals surface area contributed by atoms with Crippen LogP contribution in [-0.2, 0) is 10.0 Å².